The Morgan fingerprint density at radius 2 is 1.83 bits per heavy atom. The molecule has 1 heterocycles. The molecule has 1 aromatic heterocycles. The predicted molar refractivity (Wildman–Crippen MR) is 109 cm³/mol. The molecule has 0 unspecified atom stereocenters. The Kier molecular flexibility index (Phi) is 5.08. The molecule has 146 valence electrons. The third kappa shape index (κ3) is 4.16. The Bertz CT molecular complexity index is 1200. The topological polar surface area (TPSA) is 46.9 Å². The molecule has 0 spiro atoms. The zero-order chi connectivity index (χ0) is 20.4. The van der Waals surface area contributed by atoms with Crippen LogP contribution in [0.2, 0.25) is 0 Å². The summed E-state index contributed by atoms with van der Waals surface area (Å²) >= 11 is 0. The fourth-order valence-electron chi connectivity index (χ4n) is 3.30. The summed E-state index contributed by atoms with van der Waals surface area (Å²) in [4.78, 5) is 12.6. The minimum Gasteiger partial charge on any atom is -0.310 e. The van der Waals surface area contributed by atoms with Crippen molar-refractivity contribution < 1.29 is 13.6 Å². The molecule has 0 atom stereocenters. The summed E-state index contributed by atoms with van der Waals surface area (Å²) in [7, 11) is 0. The second kappa shape index (κ2) is 7.83. The number of carbonyl (C=O) groups excluding carboxylic acids is 1. The number of halogens is 2. The first-order valence-corrected chi connectivity index (χ1v) is 9.23. The summed E-state index contributed by atoms with van der Waals surface area (Å²) < 4.78 is 28.9. The van der Waals surface area contributed by atoms with Gasteiger partial charge in [-0.05, 0) is 41.5 Å². The smallest absolute Gasteiger partial charge is 0.229 e. The van der Waals surface area contributed by atoms with E-state index in [1.807, 2.05) is 42.5 Å². The van der Waals surface area contributed by atoms with E-state index < -0.39 is 11.6 Å². The van der Waals surface area contributed by atoms with Crippen molar-refractivity contribution in [3.8, 4) is 0 Å². The highest BCUT2D eigenvalue weighted by Gasteiger charge is 2.14. The summed E-state index contributed by atoms with van der Waals surface area (Å²) in [5.41, 5.74) is 1.80. The molecule has 3 aromatic carbocycles. The standard InChI is InChI=1S/C23H19F2N3O/c1-15-13-26-28(14-19-12-20(24)8-9-21(19)25)23(15)27-22(29)11-16-6-7-17-4-2-3-5-18(17)10-16/h2-10,12-13H,11,14H2,1H3,(H,27,29). The number of hydrogen-bond donors (Lipinski definition) is 1. The molecule has 29 heavy (non-hydrogen) atoms. The first-order valence-electron chi connectivity index (χ1n) is 9.23. The molecule has 4 nitrogen and oxygen atoms in total. The fourth-order valence-corrected chi connectivity index (χ4v) is 3.30. The summed E-state index contributed by atoms with van der Waals surface area (Å²) in [5.74, 6) is -0.774. The lowest BCUT2D eigenvalue weighted by atomic mass is 10.0. The van der Waals surface area contributed by atoms with Gasteiger partial charge >= 0.3 is 0 Å². The Morgan fingerprint density at radius 3 is 2.66 bits per heavy atom. The molecule has 6 heteroatoms. The van der Waals surface area contributed by atoms with E-state index in [1.165, 1.54) is 4.68 Å². The molecule has 0 fully saturated rings. The third-order valence-corrected chi connectivity index (χ3v) is 4.79. The zero-order valence-electron chi connectivity index (χ0n) is 15.8. The molecular weight excluding hydrogens is 372 g/mol. The molecule has 0 aliphatic heterocycles. The predicted octanol–water partition coefficient (Wildman–Crippen LogP) is 4.85. The number of benzene rings is 3. The minimum absolute atomic E-state index is 0.0169. The molecule has 0 aliphatic carbocycles. The van der Waals surface area contributed by atoms with E-state index in [4.69, 9.17) is 0 Å². The van der Waals surface area contributed by atoms with E-state index in [0.29, 0.717) is 5.82 Å². The SMILES string of the molecule is Cc1cnn(Cc2cc(F)ccc2F)c1NC(=O)Cc1ccc2ccccc2c1. The van der Waals surface area contributed by atoms with Crippen LogP contribution in [-0.4, -0.2) is 15.7 Å². The molecule has 0 saturated carbocycles. The van der Waals surface area contributed by atoms with E-state index in [9.17, 15) is 13.6 Å². The van der Waals surface area contributed by atoms with Crippen molar-refractivity contribution >= 4 is 22.5 Å². The third-order valence-electron chi connectivity index (χ3n) is 4.79. The van der Waals surface area contributed by atoms with Gasteiger partial charge in [-0.25, -0.2) is 13.5 Å². The Hall–Kier alpha value is -3.54. The number of nitrogens with zero attached hydrogens (tertiary/aromatic N) is 2. The van der Waals surface area contributed by atoms with Gasteiger partial charge in [-0.2, -0.15) is 5.10 Å². The van der Waals surface area contributed by atoms with Gasteiger partial charge in [-0.15, -0.1) is 0 Å². The van der Waals surface area contributed by atoms with Gasteiger partial charge in [0.2, 0.25) is 5.91 Å². The average molecular weight is 391 g/mol. The quantitative estimate of drug-likeness (QED) is 0.529. The molecule has 0 saturated heterocycles. The van der Waals surface area contributed by atoms with E-state index in [0.717, 1.165) is 40.1 Å². The number of aryl methyl sites for hydroxylation is 1. The second-order valence-electron chi connectivity index (χ2n) is 6.98. The van der Waals surface area contributed by atoms with E-state index in [1.54, 1.807) is 13.1 Å². The molecular formula is C23H19F2N3O. The lowest BCUT2D eigenvalue weighted by molar-refractivity contribution is -0.115. The number of anilines is 1. The minimum atomic E-state index is -0.521. The van der Waals surface area contributed by atoms with E-state index >= 15 is 0 Å². The number of aromatic nitrogens is 2. The maximum atomic E-state index is 14.0. The zero-order valence-corrected chi connectivity index (χ0v) is 15.8. The fraction of sp³-hybridized carbons (Fsp3) is 0.130. The van der Waals surface area contributed by atoms with Crippen LogP contribution in [0.3, 0.4) is 0 Å². The summed E-state index contributed by atoms with van der Waals surface area (Å²) in [6, 6.07) is 17.1. The first-order chi connectivity index (χ1) is 14.0. The van der Waals surface area contributed by atoms with E-state index in [-0.39, 0.29) is 24.4 Å². The molecule has 4 rings (SSSR count). The maximum Gasteiger partial charge on any atom is 0.229 e. The van der Waals surface area contributed by atoms with Gasteiger partial charge in [0.15, 0.2) is 0 Å². The van der Waals surface area contributed by atoms with Crippen molar-refractivity contribution in [1.29, 1.82) is 0 Å². The van der Waals surface area contributed by atoms with Gasteiger partial charge in [0.1, 0.15) is 17.5 Å². The molecule has 1 N–H and O–H groups in total. The maximum absolute atomic E-state index is 14.0. The van der Waals surface area contributed by atoms with Crippen molar-refractivity contribution in [2.75, 3.05) is 5.32 Å². The average Bonchev–Trinajstić information content (AvgIpc) is 3.04. The number of rotatable bonds is 5. The van der Waals surface area contributed by atoms with Crippen LogP contribution >= 0.6 is 0 Å². The normalized spacial score (nSPS) is 11.0. The molecule has 0 aliphatic rings. The second-order valence-corrected chi connectivity index (χ2v) is 6.98. The molecule has 0 radical (unpaired) electrons. The van der Waals surface area contributed by atoms with Crippen molar-refractivity contribution in [3.63, 3.8) is 0 Å². The number of amides is 1. The van der Waals surface area contributed by atoms with Crippen molar-refractivity contribution in [3.05, 3.63) is 95.2 Å². The van der Waals surface area contributed by atoms with Gasteiger partial charge in [0, 0.05) is 11.1 Å². The van der Waals surface area contributed by atoms with Gasteiger partial charge in [-0.3, -0.25) is 4.79 Å². The number of carbonyl (C=O) groups is 1. The first kappa shape index (κ1) is 18.8. The van der Waals surface area contributed by atoms with Gasteiger partial charge in [0.25, 0.3) is 0 Å². The van der Waals surface area contributed by atoms with E-state index in [2.05, 4.69) is 10.4 Å². The van der Waals surface area contributed by atoms with Crippen LogP contribution in [0.25, 0.3) is 10.8 Å². The molecule has 0 bridgehead atoms. The summed E-state index contributed by atoms with van der Waals surface area (Å²) in [6.07, 6.45) is 1.78. The highest BCUT2D eigenvalue weighted by Crippen LogP contribution is 2.20. The largest absolute Gasteiger partial charge is 0.310 e. The van der Waals surface area contributed by atoms with Crippen molar-refractivity contribution in [2.24, 2.45) is 0 Å². The lowest BCUT2D eigenvalue weighted by Gasteiger charge is -2.11. The van der Waals surface area contributed by atoms with Crippen LogP contribution in [0.4, 0.5) is 14.6 Å². The molecule has 4 aromatic rings. The monoisotopic (exact) mass is 391 g/mol. The van der Waals surface area contributed by atoms with Crippen LogP contribution < -0.4 is 5.32 Å². The van der Waals surface area contributed by atoms with Crippen LogP contribution in [0.15, 0.2) is 66.9 Å². The highest BCUT2D eigenvalue weighted by molar-refractivity contribution is 5.93. The van der Waals surface area contributed by atoms with Gasteiger partial charge in [0.05, 0.1) is 19.2 Å². The van der Waals surface area contributed by atoms with Crippen LogP contribution in [0, 0.1) is 18.6 Å². The summed E-state index contributed by atoms with van der Waals surface area (Å²) in [6.45, 7) is 1.82. The van der Waals surface area contributed by atoms with Gasteiger partial charge in [-0.1, -0.05) is 42.5 Å². The van der Waals surface area contributed by atoms with Crippen LogP contribution in [0.5, 0.6) is 0 Å². The number of hydrogen-bond acceptors (Lipinski definition) is 2. The Morgan fingerprint density at radius 1 is 1.03 bits per heavy atom. The summed E-state index contributed by atoms with van der Waals surface area (Å²) in [5, 5.41) is 9.23. The van der Waals surface area contributed by atoms with Crippen molar-refractivity contribution in [1.82, 2.24) is 9.78 Å². The van der Waals surface area contributed by atoms with Gasteiger partial charge < -0.3 is 5.32 Å². The Labute approximate surface area is 166 Å². The number of nitrogens with one attached hydrogen (secondary N) is 1. The van der Waals surface area contributed by atoms with Crippen LogP contribution in [0.1, 0.15) is 16.7 Å². The highest BCUT2D eigenvalue weighted by atomic mass is 19.1. The van der Waals surface area contributed by atoms with Crippen molar-refractivity contribution in [2.45, 2.75) is 19.9 Å². The molecule has 1 amide bonds. The Balaban J connectivity index is 1.52. The number of fused-ring (bicyclic) bond motifs is 1. The van der Waals surface area contributed by atoms with Crippen LogP contribution in [-0.2, 0) is 17.8 Å². The lowest BCUT2D eigenvalue weighted by Crippen LogP contribution is -2.19.